The van der Waals surface area contributed by atoms with Gasteiger partial charge in [-0.05, 0) is 50.1 Å². The van der Waals surface area contributed by atoms with Crippen LogP contribution in [-0.4, -0.2) is 22.9 Å². The zero-order valence-corrected chi connectivity index (χ0v) is 15.4. The minimum absolute atomic E-state index is 0.175. The van der Waals surface area contributed by atoms with E-state index in [0.29, 0.717) is 17.3 Å². The van der Waals surface area contributed by atoms with Gasteiger partial charge < -0.3 is 10.2 Å². The molecule has 0 saturated carbocycles. The summed E-state index contributed by atoms with van der Waals surface area (Å²) in [5.74, 6) is 0.979. The Hall–Kier alpha value is -3.21. The van der Waals surface area contributed by atoms with Gasteiger partial charge in [0.15, 0.2) is 0 Å². The van der Waals surface area contributed by atoms with E-state index >= 15 is 0 Å². The van der Waals surface area contributed by atoms with Gasteiger partial charge in [-0.25, -0.2) is 9.97 Å². The highest BCUT2D eigenvalue weighted by Crippen LogP contribution is 2.23. The van der Waals surface area contributed by atoms with E-state index in [0.717, 1.165) is 16.9 Å². The third-order valence-electron chi connectivity index (χ3n) is 4.37. The van der Waals surface area contributed by atoms with Crippen LogP contribution < -0.4 is 10.2 Å². The van der Waals surface area contributed by atoms with Gasteiger partial charge in [0.1, 0.15) is 17.3 Å². The number of hydrogen-bond donors (Lipinski definition) is 1. The maximum absolute atomic E-state index is 12.8. The molecule has 1 aromatic heterocycles. The molecule has 0 aliphatic carbocycles. The average Bonchev–Trinajstić information content (AvgIpc) is 2.64. The molecule has 0 aliphatic heterocycles. The van der Waals surface area contributed by atoms with E-state index in [1.54, 1.807) is 24.9 Å². The summed E-state index contributed by atoms with van der Waals surface area (Å²) in [7, 11) is 1.74. The highest BCUT2D eigenvalue weighted by Gasteiger charge is 2.17. The third-order valence-corrected chi connectivity index (χ3v) is 4.37. The van der Waals surface area contributed by atoms with Gasteiger partial charge >= 0.3 is 0 Å². The van der Waals surface area contributed by atoms with Crippen molar-refractivity contribution in [3.63, 3.8) is 0 Å². The van der Waals surface area contributed by atoms with E-state index < -0.39 is 0 Å². The van der Waals surface area contributed by atoms with Crippen LogP contribution in [0, 0.1) is 20.8 Å². The van der Waals surface area contributed by atoms with Crippen LogP contribution in [0.3, 0.4) is 0 Å². The van der Waals surface area contributed by atoms with Crippen LogP contribution in [0.2, 0.25) is 0 Å². The first kappa shape index (κ1) is 17.6. The molecule has 3 aromatic rings. The summed E-state index contributed by atoms with van der Waals surface area (Å²) >= 11 is 0. The molecule has 0 saturated heterocycles. The van der Waals surface area contributed by atoms with Crippen LogP contribution in [0.4, 0.5) is 17.2 Å². The number of aryl methyl sites for hydroxylation is 2. The number of benzene rings is 2. The van der Waals surface area contributed by atoms with Crippen LogP contribution in [-0.2, 0) is 0 Å². The summed E-state index contributed by atoms with van der Waals surface area (Å²) in [5.41, 5.74) is 4.49. The minimum Gasteiger partial charge on any atom is -0.340 e. The average molecular weight is 346 g/mol. The molecule has 0 bridgehead atoms. The summed E-state index contributed by atoms with van der Waals surface area (Å²) in [6, 6.07) is 17.2. The molecule has 132 valence electrons. The molecule has 3 rings (SSSR count). The Bertz CT molecular complexity index is 938. The summed E-state index contributed by atoms with van der Waals surface area (Å²) in [5, 5.41) is 3.31. The predicted octanol–water partition coefficient (Wildman–Crippen LogP) is 4.42. The molecule has 0 radical (unpaired) electrons. The smallest absolute Gasteiger partial charge is 0.276 e. The second-order valence-electron chi connectivity index (χ2n) is 6.26. The number of aromatic nitrogens is 2. The largest absolute Gasteiger partial charge is 0.340 e. The minimum atomic E-state index is -0.175. The second-order valence-corrected chi connectivity index (χ2v) is 6.26. The lowest BCUT2D eigenvalue weighted by molar-refractivity contribution is 0.0988. The molecule has 2 aromatic carbocycles. The fourth-order valence-corrected chi connectivity index (χ4v) is 2.71. The van der Waals surface area contributed by atoms with E-state index in [4.69, 9.17) is 0 Å². The number of anilines is 3. The first-order valence-corrected chi connectivity index (χ1v) is 8.48. The number of hydrogen-bond acceptors (Lipinski definition) is 4. The van der Waals surface area contributed by atoms with Gasteiger partial charge in [0.2, 0.25) is 0 Å². The quantitative estimate of drug-likeness (QED) is 0.759. The van der Waals surface area contributed by atoms with Gasteiger partial charge in [0, 0.05) is 24.5 Å². The fraction of sp³-hybridized carbons (Fsp3) is 0.190. The number of rotatable bonds is 4. The van der Waals surface area contributed by atoms with Crippen molar-refractivity contribution in [2.45, 2.75) is 20.8 Å². The van der Waals surface area contributed by atoms with Gasteiger partial charge in [-0.1, -0.05) is 30.3 Å². The molecular weight excluding hydrogens is 324 g/mol. The Labute approximate surface area is 153 Å². The first-order valence-electron chi connectivity index (χ1n) is 8.48. The van der Waals surface area contributed by atoms with Crippen LogP contribution in [0.5, 0.6) is 0 Å². The molecule has 1 N–H and O–H groups in total. The van der Waals surface area contributed by atoms with Gasteiger partial charge in [-0.3, -0.25) is 4.79 Å². The van der Waals surface area contributed by atoms with E-state index in [1.807, 2.05) is 42.5 Å². The molecule has 0 unspecified atom stereocenters. The third kappa shape index (κ3) is 3.72. The number of carbonyl (C=O) groups is 1. The number of para-hydroxylation sites is 1. The van der Waals surface area contributed by atoms with E-state index in [9.17, 15) is 4.79 Å². The standard InChI is InChI=1S/C21H22N4O/c1-14-9-8-12-18(15(14)2)24-20-13-19(22-16(3)23-20)21(26)25(4)17-10-6-5-7-11-17/h5-13H,1-4H3,(H,22,23,24). The summed E-state index contributed by atoms with van der Waals surface area (Å²) in [6.45, 7) is 5.91. The van der Waals surface area contributed by atoms with Gasteiger partial charge in [0.25, 0.3) is 5.91 Å². The number of amides is 1. The maximum atomic E-state index is 12.8. The molecule has 5 heteroatoms. The van der Waals surface area contributed by atoms with Gasteiger partial charge in [0.05, 0.1) is 0 Å². The van der Waals surface area contributed by atoms with Crippen LogP contribution in [0.15, 0.2) is 54.6 Å². The highest BCUT2D eigenvalue weighted by atomic mass is 16.2. The Kier molecular flexibility index (Phi) is 4.98. The lowest BCUT2D eigenvalue weighted by Gasteiger charge is -2.17. The number of nitrogens with one attached hydrogen (secondary N) is 1. The van der Waals surface area contributed by atoms with Crippen molar-refractivity contribution in [3.05, 3.63) is 77.2 Å². The van der Waals surface area contributed by atoms with Crippen molar-refractivity contribution in [2.75, 3.05) is 17.3 Å². The monoisotopic (exact) mass is 346 g/mol. The summed E-state index contributed by atoms with van der Waals surface area (Å²) in [4.78, 5) is 23.2. The van der Waals surface area contributed by atoms with Crippen molar-refractivity contribution in [3.8, 4) is 0 Å². The SMILES string of the molecule is Cc1nc(Nc2cccc(C)c2C)cc(C(=O)N(C)c2ccccc2)n1. The summed E-state index contributed by atoms with van der Waals surface area (Å²) in [6.07, 6.45) is 0. The maximum Gasteiger partial charge on any atom is 0.276 e. The van der Waals surface area contributed by atoms with E-state index in [2.05, 4.69) is 35.2 Å². The molecule has 26 heavy (non-hydrogen) atoms. The van der Waals surface area contributed by atoms with Crippen LogP contribution >= 0.6 is 0 Å². The van der Waals surface area contributed by atoms with Crippen LogP contribution in [0.25, 0.3) is 0 Å². The predicted molar refractivity (Wildman–Crippen MR) is 105 cm³/mol. The highest BCUT2D eigenvalue weighted by molar-refractivity contribution is 6.04. The van der Waals surface area contributed by atoms with E-state index in [1.165, 1.54) is 5.56 Å². The second kappa shape index (κ2) is 7.35. The Morgan fingerprint density at radius 1 is 0.962 bits per heavy atom. The van der Waals surface area contributed by atoms with Gasteiger partial charge in [-0.2, -0.15) is 0 Å². The zero-order valence-electron chi connectivity index (χ0n) is 15.4. The zero-order chi connectivity index (χ0) is 18.7. The van der Waals surface area contributed by atoms with Gasteiger partial charge in [-0.15, -0.1) is 0 Å². The number of nitrogens with zero attached hydrogens (tertiary/aromatic N) is 3. The number of carbonyl (C=O) groups excluding carboxylic acids is 1. The normalized spacial score (nSPS) is 10.5. The van der Waals surface area contributed by atoms with Crippen molar-refractivity contribution in [2.24, 2.45) is 0 Å². The Balaban J connectivity index is 1.90. The Morgan fingerprint density at radius 3 is 2.42 bits per heavy atom. The van der Waals surface area contributed by atoms with Crippen molar-refractivity contribution in [1.29, 1.82) is 0 Å². The Morgan fingerprint density at radius 2 is 1.69 bits per heavy atom. The lowest BCUT2D eigenvalue weighted by atomic mass is 10.1. The molecule has 5 nitrogen and oxygen atoms in total. The fourth-order valence-electron chi connectivity index (χ4n) is 2.71. The molecular formula is C21H22N4O. The topological polar surface area (TPSA) is 58.1 Å². The molecule has 1 amide bonds. The van der Waals surface area contributed by atoms with Crippen molar-refractivity contribution >= 4 is 23.1 Å². The van der Waals surface area contributed by atoms with Crippen molar-refractivity contribution in [1.82, 2.24) is 9.97 Å². The van der Waals surface area contributed by atoms with Crippen molar-refractivity contribution < 1.29 is 4.79 Å². The molecule has 1 heterocycles. The van der Waals surface area contributed by atoms with Crippen LogP contribution in [0.1, 0.15) is 27.4 Å². The molecule has 0 aliphatic rings. The van der Waals surface area contributed by atoms with E-state index in [-0.39, 0.29) is 5.91 Å². The summed E-state index contributed by atoms with van der Waals surface area (Å²) < 4.78 is 0. The molecule has 0 spiro atoms. The first-order chi connectivity index (χ1) is 12.5. The lowest BCUT2D eigenvalue weighted by Crippen LogP contribution is -2.27. The molecule has 0 fully saturated rings. The molecule has 0 atom stereocenters.